The molecule has 0 bridgehead atoms. The average Bonchev–Trinajstić information content (AvgIpc) is 2.99. The van der Waals surface area contributed by atoms with E-state index in [1.165, 1.54) is 27.6 Å². The lowest BCUT2D eigenvalue weighted by molar-refractivity contribution is -0.0460. The van der Waals surface area contributed by atoms with Crippen LogP contribution in [0.1, 0.15) is 24.6 Å². The summed E-state index contributed by atoms with van der Waals surface area (Å²) in [6.45, 7) is -0.101. The second-order valence-electron chi connectivity index (χ2n) is 6.34. The number of nitrogens with one attached hydrogen (secondary N) is 2. The van der Waals surface area contributed by atoms with Crippen LogP contribution in [-0.4, -0.2) is 48.1 Å². The third-order valence-corrected chi connectivity index (χ3v) is 4.48. The maximum absolute atomic E-state index is 12.1. The molecule has 11 heteroatoms. The molecule has 3 heterocycles. The fourth-order valence-corrected chi connectivity index (χ4v) is 3.03. The van der Waals surface area contributed by atoms with E-state index in [1.807, 2.05) is 0 Å². The number of rotatable bonds is 6. The lowest BCUT2D eigenvalue weighted by atomic mass is 10.1. The van der Waals surface area contributed by atoms with Crippen LogP contribution in [-0.2, 0) is 17.7 Å². The van der Waals surface area contributed by atoms with Gasteiger partial charge in [-0.2, -0.15) is 0 Å². The molecular formula is C16H20N4O7. The van der Waals surface area contributed by atoms with E-state index >= 15 is 0 Å². The van der Waals surface area contributed by atoms with Crippen LogP contribution in [0.5, 0.6) is 0 Å². The number of aromatic amines is 2. The van der Waals surface area contributed by atoms with Crippen LogP contribution < -0.4 is 22.5 Å². The van der Waals surface area contributed by atoms with Crippen molar-refractivity contribution >= 4 is 0 Å². The molecular weight excluding hydrogens is 360 g/mol. The molecule has 11 nitrogen and oxygen atoms in total. The molecule has 0 unspecified atom stereocenters. The van der Waals surface area contributed by atoms with Crippen LogP contribution in [0, 0.1) is 0 Å². The minimum absolute atomic E-state index is 0.114. The predicted octanol–water partition coefficient (Wildman–Crippen LogP) is -2.34. The van der Waals surface area contributed by atoms with Crippen molar-refractivity contribution in [2.24, 2.45) is 0 Å². The molecule has 1 aliphatic rings. The molecule has 0 aromatic carbocycles. The smallest absolute Gasteiger partial charge is 0.330 e. The Balaban J connectivity index is 1.74. The van der Waals surface area contributed by atoms with Gasteiger partial charge in [-0.05, 0) is 12.8 Å². The Hall–Kier alpha value is -2.76. The van der Waals surface area contributed by atoms with Crippen LogP contribution >= 0.6 is 0 Å². The summed E-state index contributed by atoms with van der Waals surface area (Å²) < 4.78 is 7.94. The van der Waals surface area contributed by atoms with Crippen LogP contribution in [0.2, 0.25) is 0 Å². The van der Waals surface area contributed by atoms with Gasteiger partial charge in [0.05, 0.1) is 12.7 Å². The number of nitrogens with zero attached hydrogens (tertiary/aromatic N) is 2. The van der Waals surface area contributed by atoms with Gasteiger partial charge in [-0.25, -0.2) is 9.59 Å². The number of hydrogen-bond donors (Lipinski definition) is 4. The highest BCUT2D eigenvalue weighted by molar-refractivity contribution is 5.05. The van der Waals surface area contributed by atoms with Gasteiger partial charge in [-0.1, -0.05) is 0 Å². The van der Waals surface area contributed by atoms with Crippen LogP contribution in [0.4, 0.5) is 0 Å². The molecule has 3 atom stereocenters. The minimum Gasteiger partial charge on any atom is -0.394 e. The Morgan fingerprint density at radius 1 is 1.19 bits per heavy atom. The highest BCUT2D eigenvalue weighted by Gasteiger charge is 2.35. The quantitative estimate of drug-likeness (QED) is 0.437. The maximum atomic E-state index is 12.1. The summed E-state index contributed by atoms with van der Waals surface area (Å²) in [6, 6.07) is 1.23. The van der Waals surface area contributed by atoms with Crippen molar-refractivity contribution in [3.8, 4) is 0 Å². The van der Waals surface area contributed by atoms with Crippen LogP contribution in [0.3, 0.4) is 0 Å². The summed E-state index contributed by atoms with van der Waals surface area (Å²) in [7, 11) is 0. The zero-order chi connectivity index (χ0) is 19.6. The Kier molecular flexibility index (Phi) is 5.54. The molecule has 27 heavy (non-hydrogen) atoms. The van der Waals surface area contributed by atoms with E-state index in [1.54, 1.807) is 0 Å². The molecule has 3 rings (SSSR count). The summed E-state index contributed by atoms with van der Waals surface area (Å²) in [5.41, 5.74) is -1.92. The van der Waals surface area contributed by atoms with Crippen molar-refractivity contribution in [3.63, 3.8) is 0 Å². The topological polar surface area (TPSA) is 159 Å². The summed E-state index contributed by atoms with van der Waals surface area (Å²) in [5.74, 6) is 0. The first-order chi connectivity index (χ1) is 12.9. The molecule has 0 saturated carbocycles. The molecule has 0 amide bonds. The predicted molar refractivity (Wildman–Crippen MR) is 92.6 cm³/mol. The maximum Gasteiger partial charge on any atom is 0.330 e. The molecule has 0 aliphatic carbocycles. The number of hydrogen-bond acceptors (Lipinski definition) is 7. The van der Waals surface area contributed by atoms with Gasteiger partial charge < -0.3 is 19.5 Å². The van der Waals surface area contributed by atoms with Gasteiger partial charge in [0.1, 0.15) is 12.3 Å². The fraction of sp³-hybridized carbons (Fsp3) is 0.500. The van der Waals surface area contributed by atoms with Crippen LogP contribution in [0.25, 0.3) is 0 Å². The molecule has 2 aromatic heterocycles. The van der Waals surface area contributed by atoms with Crippen molar-refractivity contribution in [2.75, 3.05) is 6.61 Å². The Morgan fingerprint density at radius 2 is 1.96 bits per heavy atom. The zero-order valence-electron chi connectivity index (χ0n) is 14.3. The number of H-pyrrole nitrogens is 2. The third-order valence-electron chi connectivity index (χ3n) is 4.48. The number of aryl methyl sites for hydroxylation is 2. The Bertz CT molecular complexity index is 1030. The third kappa shape index (κ3) is 4.15. The monoisotopic (exact) mass is 380 g/mol. The largest absolute Gasteiger partial charge is 0.394 e. The van der Waals surface area contributed by atoms with Gasteiger partial charge in [0, 0.05) is 37.0 Å². The molecule has 1 aliphatic heterocycles. The van der Waals surface area contributed by atoms with Crippen LogP contribution in [0.15, 0.2) is 37.6 Å². The van der Waals surface area contributed by atoms with E-state index in [4.69, 9.17) is 9.84 Å². The Morgan fingerprint density at radius 3 is 2.63 bits per heavy atom. The lowest BCUT2D eigenvalue weighted by Crippen LogP contribution is -2.34. The summed E-state index contributed by atoms with van der Waals surface area (Å²) in [4.78, 5) is 51.1. The van der Waals surface area contributed by atoms with Gasteiger partial charge >= 0.3 is 11.4 Å². The highest BCUT2D eigenvalue weighted by Crippen LogP contribution is 2.27. The molecule has 2 aromatic rings. The van der Waals surface area contributed by atoms with Gasteiger partial charge in [-0.3, -0.25) is 24.1 Å². The molecule has 4 N–H and O–H groups in total. The van der Waals surface area contributed by atoms with Gasteiger partial charge in [0.25, 0.3) is 11.1 Å². The molecule has 0 spiro atoms. The molecule has 0 radical (unpaired) electrons. The summed E-state index contributed by atoms with van der Waals surface area (Å²) >= 11 is 0. The second-order valence-corrected chi connectivity index (χ2v) is 6.34. The van der Waals surface area contributed by atoms with Gasteiger partial charge in [-0.15, -0.1) is 0 Å². The lowest BCUT2D eigenvalue weighted by Gasteiger charge is -2.15. The molecule has 1 saturated heterocycles. The van der Waals surface area contributed by atoms with Crippen molar-refractivity contribution in [3.05, 3.63) is 65.7 Å². The minimum atomic E-state index is -0.908. The van der Waals surface area contributed by atoms with Crippen molar-refractivity contribution in [2.45, 2.75) is 44.2 Å². The SMILES string of the molecule is O=c1ccn(CCCc2cn([C@H]3C[C@H](O)[C@@H](CO)O3)c(=O)[nH]c2=O)c(=O)[nH]1. The number of ether oxygens (including phenoxy) is 1. The van der Waals surface area contributed by atoms with Gasteiger partial charge in [0.2, 0.25) is 0 Å². The van der Waals surface area contributed by atoms with Crippen molar-refractivity contribution in [1.82, 2.24) is 19.1 Å². The van der Waals surface area contributed by atoms with E-state index < -0.39 is 40.9 Å². The van der Waals surface area contributed by atoms with E-state index in [-0.39, 0.29) is 26.0 Å². The zero-order valence-corrected chi connectivity index (χ0v) is 14.3. The standard InChI is InChI=1S/C16H20N4O7/c21-8-11-10(22)6-13(27-11)20-7-9(14(24)18-16(20)26)2-1-4-19-5-3-12(23)17-15(19)25/h3,5,7,10-11,13,21-22H,1-2,4,6,8H2,(H,17,23,25)(H,18,24,26)/t10-,11+,13+/m0/s1. The first-order valence-corrected chi connectivity index (χ1v) is 8.47. The van der Waals surface area contributed by atoms with Crippen molar-refractivity contribution in [1.29, 1.82) is 0 Å². The van der Waals surface area contributed by atoms with E-state index in [2.05, 4.69) is 9.97 Å². The summed E-state index contributed by atoms with van der Waals surface area (Å²) in [6.07, 6.45) is 1.06. The van der Waals surface area contributed by atoms with Crippen molar-refractivity contribution < 1.29 is 14.9 Å². The number of aliphatic hydroxyl groups is 2. The van der Waals surface area contributed by atoms with E-state index in [0.29, 0.717) is 12.0 Å². The number of aliphatic hydroxyl groups excluding tert-OH is 2. The average molecular weight is 380 g/mol. The first kappa shape index (κ1) is 19.0. The molecule has 146 valence electrons. The normalized spacial score (nSPS) is 22.2. The summed E-state index contributed by atoms with van der Waals surface area (Å²) in [5, 5.41) is 19.0. The fourth-order valence-electron chi connectivity index (χ4n) is 3.03. The molecule has 1 fully saturated rings. The van der Waals surface area contributed by atoms with Gasteiger partial charge in [0.15, 0.2) is 0 Å². The number of aromatic nitrogens is 4. The highest BCUT2D eigenvalue weighted by atomic mass is 16.5. The first-order valence-electron chi connectivity index (χ1n) is 8.47. The second kappa shape index (κ2) is 7.86. The van der Waals surface area contributed by atoms with E-state index in [0.717, 1.165) is 0 Å². The Labute approximate surface area is 151 Å². The van der Waals surface area contributed by atoms with E-state index in [9.17, 15) is 24.3 Å².